The summed E-state index contributed by atoms with van der Waals surface area (Å²) in [5, 5.41) is 0.319. The van der Waals surface area contributed by atoms with Crippen molar-refractivity contribution in [3.63, 3.8) is 0 Å². The summed E-state index contributed by atoms with van der Waals surface area (Å²) in [7, 11) is 0. The quantitative estimate of drug-likeness (QED) is 0.600. The van der Waals surface area contributed by atoms with E-state index in [1.165, 1.54) is 24.6 Å². The Morgan fingerprint density at radius 2 is 2.03 bits per heavy atom. The molecule has 1 amide bonds. The first-order valence-corrected chi connectivity index (χ1v) is 10.4. The normalized spacial score (nSPS) is 12.8. The summed E-state index contributed by atoms with van der Waals surface area (Å²) < 4.78 is 21.0. The predicted octanol–water partition coefficient (Wildman–Crippen LogP) is 4.38. The van der Waals surface area contributed by atoms with E-state index in [1.807, 2.05) is 24.3 Å². The monoisotopic (exact) mass is 450 g/mol. The Morgan fingerprint density at radius 1 is 1.28 bits per heavy atom. The topological polar surface area (TPSA) is 62.4 Å². The van der Waals surface area contributed by atoms with Crippen LogP contribution in [0.2, 0.25) is 5.02 Å². The third-order valence-corrected chi connectivity index (χ3v) is 5.70. The van der Waals surface area contributed by atoms with Crippen LogP contribution in [0.1, 0.15) is 27.9 Å². The van der Waals surface area contributed by atoms with Crippen LogP contribution in [-0.4, -0.2) is 22.3 Å². The summed E-state index contributed by atoms with van der Waals surface area (Å²) in [6.45, 7) is 2.43. The molecule has 32 heavy (non-hydrogen) atoms. The molecule has 1 N–H and O–H groups in total. The van der Waals surface area contributed by atoms with E-state index in [-0.39, 0.29) is 35.1 Å². The third kappa shape index (κ3) is 4.39. The summed E-state index contributed by atoms with van der Waals surface area (Å²) in [6, 6.07) is 12.5. The van der Waals surface area contributed by atoms with Crippen molar-refractivity contribution in [2.24, 2.45) is 0 Å². The fourth-order valence-electron chi connectivity index (χ4n) is 3.73. The second-order valence-corrected chi connectivity index (χ2v) is 8.07. The predicted molar refractivity (Wildman–Crippen MR) is 120 cm³/mol. The van der Waals surface area contributed by atoms with Crippen molar-refractivity contribution in [3.05, 3.63) is 91.6 Å². The smallest absolute Gasteiger partial charge is 0.255 e. The minimum absolute atomic E-state index is 0.0489. The van der Waals surface area contributed by atoms with Gasteiger partial charge in [-0.3, -0.25) is 9.59 Å². The molecule has 0 aliphatic carbocycles. The van der Waals surface area contributed by atoms with Crippen LogP contribution in [0.25, 0.3) is 0 Å². The Balaban J connectivity index is 1.60. The van der Waals surface area contributed by atoms with Crippen molar-refractivity contribution < 1.29 is 13.9 Å². The van der Waals surface area contributed by atoms with E-state index in [9.17, 15) is 9.59 Å². The van der Waals surface area contributed by atoms with Gasteiger partial charge in [0.2, 0.25) is 5.91 Å². The average Bonchev–Trinajstić information content (AvgIpc) is 2.79. The molecule has 7 heteroatoms. The molecule has 2 heterocycles. The van der Waals surface area contributed by atoms with Crippen molar-refractivity contribution in [1.82, 2.24) is 9.88 Å². The number of nitrogens with zero attached hydrogens (tertiary/aromatic N) is 1. The number of ether oxygens (including phenoxy) is 1. The molecule has 2 aromatic carbocycles. The number of hydrogen-bond donors (Lipinski definition) is 1. The van der Waals surface area contributed by atoms with E-state index in [2.05, 4.69) is 10.9 Å². The highest BCUT2D eigenvalue weighted by atomic mass is 35.5. The molecule has 0 spiro atoms. The lowest BCUT2D eigenvalue weighted by Crippen LogP contribution is -2.37. The average molecular weight is 451 g/mol. The van der Waals surface area contributed by atoms with Crippen LogP contribution in [0.3, 0.4) is 0 Å². The minimum Gasteiger partial charge on any atom is -0.454 e. The van der Waals surface area contributed by atoms with Crippen LogP contribution >= 0.6 is 11.6 Å². The van der Waals surface area contributed by atoms with E-state index in [1.54, 1.807) is 11.0 Å². The number of carbonyl (C=O) groups is 1. The van der Waals surface area contributed by atoms with Gasteiger partial charge in [-0.25, -0.2) is 4.39 Å². The number of terminal acetylenes is 1. The highest BCUT2D eigenvalue weighted by Crippen LogP contribution is 2.30. The lowest BCUT2D eigenvalue weighted by Gasteiger charge is -2.29. The molecule has 0 atom stereocenters. The number of benzene rings is 2. The van der Waals surface area contributed by atoms with E-state index < -0.39 is 11.4 Å². The largest absolute Gasteiger partial charge is 0.454 e. The van der Waals surface area contributed by atoms with Gasteiger partial charge in [-0.05, 0) is 42.7 Å². The summed E-state index contributed by atoms with van der Waals surface area (Å²) in [5.74, 6) is 1.31. The van der Waals surface area contributed by atoms with Gasteiger partial charge in [0.05, 0.1) is 17.7 Å². The summed E-state index contributed by atoms with van der Waals surface area (Å²) >= 11 is 6.04. The second-order valence-electron chi connectivity index (χ2n) is 7.63. The zero-order chi connectivity index (χ0) is 22.8. The zero-order valence-electron chi connectivity index (χ0n) is 17.4. The molecule has 1 aliphatic heterocycles. The summed E-state index contributed by atoms with van der Waals surface area (Å²) in [6.07, 6.45) is 5.85. The van der Waals surface area contributed by atoms with Gasteiger partial charge in [-0.1, -0.05) is 41.8 Å². The molecule has 0 bridgehead atoms. The molecule has 0 radical (unpaired) electrons. The first-order valence-electron chi connectivity index (χ1n) is 10.1. The lowest BCUT2D eigenvalue weighted by atomic mass is 9.99. The van der Waals surface area contributed by atoms with Crippen LogP contribution in [0.5, 0.6) is 11.5 Å². The van der Waals surface area contributed by atoms with Gasteiger partial charge in [0, 0.05) is 23.7 Å². The van der Waals surface area contributed by atoms with Crippen LogP contribution in [-0.2, 0) is 24.2 Å². The van der Waals surface area contributed by atoms with Gasteiger partial charge in [-0.2, -0.15) is 0 Å². The Labute approximate surface area is 189 Å². The van der Waals surface area contributed by atoms with E-state index in [4.69, 9.17) is 22.8 Å². The molecule has 162 valence electrons. The number of amides is 1. The number of carbonyl (C=O) groups excluding carboxylic acids is 1. The Morgan fingerprint density at radius 3 is 2.78 bits per heavy atom. The van der Waals surface area contributed by atoms with E-state index in [0.717, 1.165) is 12.0 Å². The Kier molecular flexibility index (Phi) is 6.02. The molecule has 3 aromatic rings. The minimum atomic E-state index is -0.796. The third-order valence-electron chi connectivity index (χ3n) is 5.48. The maximum atomic E-state index is 15.3. The van der Waals surface area contributed by atoms with Gasteiger partial charge in [-0.15, -0.1) is 6.42 Å². The van der Waals surface area contributed by atoms with Gasteiger partial charge < -0.3 is 14.6 Å². The van der Waals surface area contributed by atoms with Gasteiger partial charge >= 0.3 is 0 Å². The zero-order valence-corrected chi connectivity index (χ0v) is 18.1. The molecule has 1 aromatic heterocycles. The number of hydrogen-bond acceptors (Lipinski definition) is 3. The molecule has 0 saturated heterocycles. The first kappa shape index (κ1) is 21.7. The molecular weight excluding hydrogens is 431 g/mol. The van der Waals surface area contributed by atoms with Crippen molar-refractivity contribution in [2.75, 3.05) is 6.54 Å². The van der Waals surface area contributed by atoms with Crippen LogP contribution in [0.15, 0.2) is 47.3 Å². The summed E-state index contributed by atoms with van der Waals surface area (Å²) in [4.78, 5) is 29.4. The Hall–Kier alpha value is -3.56. The van der Waals surface area contributed by atoms with Crippen LogP contribution in [0, 0.1) is 25.1 Å². The highest BCUT2D eigenvalue weighted by Gasteiger charge is 2.24. The Bertz CT molecular complexity index is 1310. The highest BCUT2D eigenvalue weighted by molar-refractivity contribution is 6.30. The van der Waals surface area contributed by atoms with Gasteiger partial charge in [0.15, 0.2) is 11.6 Å². The number of aromatic nitrogens is 1. The number of pyridine rings is 1. The number of rotatable bonds is 4. The summed E-state index contributed by atoms with van der Waals surface area (Å²) in [5.41, 5.74) is 2.12. The number of H-pyrrole nitrogens is 1. The number of nitrogens with one attached hydrogen (secondary N) is 1. The molecule has 4 rings (SSSR count). The van der Waals surface area contributed by atoms with E-state index >= 15 is 4.39 Å². The molecule has 1 aliphatic rings. The molecular formula is C25H20ClFN2O3. The van der Waals surface area contributed by atoms with Crippen molar-refractivity contribution >= 4 is 17.5 Å². The van der Waals surface area contributed by atoms with Crippen molar-refractivity contribution in [2.45, 2.75) is 26.3 Å². The van der Waals surface area contributed by atoms with E-state index in [0.29, 0.717) is 23.7 Å². The van der Waals surface area contributed by atoms with Crippen LogP contribution < -0.4 is 10.3 Å². The van der Waals surface area contributed by atoms with Crippen LogP contribution in [0.4, 0.5) is 4.39 Å². The number of fused-ring (bicyclic) bond motifs is 1. The SMILES string of the molecule is C#Cc1cc(Cl)cc(Oc2c(F)c(CC(=O)N3CCc4ccccc4C3)[nH]c(=O)c2C)c1. The standard InChI is InChI=1S/C25H20ClFN2O3/c1-3-16-10-19(26)12-20(11-16)32-24-15(2)25(31)28-21(23(24)27)13-22(30)29-9-8-17-6-4-5-7-18(17)14-29/h1,4-7,10-12H,8-9,13-14H2,2H3,(H,28,31). The fourth-order valence-corrected chi connectivity index (χ4v) is 3.95. The second kappa shape index (κ2) is 8.89. The van der Waals surface area contributed by atoms with Gasteiger partial charge in [0.25, 0.3) is 5.56 Å². The first-order chi connectivity index (χ1) is 15.4. The maximum absolute atomic E-state index is 15.3. The number of aromatic amines is 1. The molecule has 0 unspecified atom stereocenters. The van der Waals surface area contributed by atoms with Crippen molar-refractivity contribution in [3.8, 4) is 23.8 Å². The lowest BCUT2D eigenvalue weighted by molar-refractivity contribution is -0.131. The molecule has 0 saturated carbocycles. The number of halogens is 2. The maximum Gasteiger partial charge on any atom is 0.255 e. The molecule has 5 nitrogen and oxygen atoms in total. The fraction of sp³-hybridized carbons (Fsp3) is 0.200. The van der Waals surface area contributed by atoms with Gasteiger partial charge in [0.1, 0.15) is 5.75 Å². The van der Waals surface area contributed by atoms with Crippen molar-refractivity contribution in [1.29, 1.82) is 0 Å². The molecule has 0 fully saturated rings.